The Balaban J connectivity index is 2.13. The van der Waals surface area contributed by atoms with Crippen molar-refractivity contribution in [1.82, 2.24) is 9.55 Å². The van der Waals surface area contributed by atoms with Crippen LogP contribution in [0.25, 0.3) is 11.0 Å². The third-order valence-corrected chi connectivity index (χ3v) is 5.32. The molecular weight excluding hydrogens is 379 g/mol. The zero-order valence-corrected chi connectivity index (χ0v) is 16.6. The van der Waals surface area contributed by atoms with Crippen molar-refractivity contribution in [3.63, 3.8) is 0 Å². The number of rotatable bonds is 5. The van der Waals surface area contributed by atoms with Gasteiger partial charge < -0.3 is 4.74 Å². The van der Waals surface area contributed by atoms with Gasteiger partial charge in [-0.3, -0.25) is 4.57 Å². The highest BCUT2D eigenvalue weighted by atomic mass is 35.5. The lowest BCUT2D eigenvalue weighted by molar-refractivity contribution is 0.428. The van der Waals surface area contributed by atoms with E-state index in [0.29, 0.717) is 32.7 Å². The first kappa shape index (κ1) is 18.4. The number of nitrogens with zero attached hydrogens (tertiary/aromatic N) is 2. The molecule has 2 aromatic carbocycles. The predicted molar refractivity (Wildman–Crippen MR) is 106 cm³/mol. The second-order valence-corrected chi connectivity index (χ2v) is 7.23. The summed E-state index contributed by atoms with van der Waals surface area (Å²) in [5.74, 6) is 0.951. The van der Waals surface area contributed by atoms with Gasteiger partial charge in [-0.05, 0) is 48.6 Å². The van der Waals surface area contributed by atoms with E-state index in [2.05, 4.69) is 24.9 Å². The highest BCUT2D eigenvalue weighted by Gasteiger charge is 2.20. The Morgan fingerprint density at radius 1 is 1.04 bits per heavy atom. The Morgan fingerprint density at radius 3 is 2.40 bits per heavy atom. The highest BCUT2D eigenvalue weighted by molar-refractivity contribution is 6.35. The lowest BCUT2D eigenvalue weighted by Gasteiger charge is -2.15. The SMILES string of the molecule is CCC(CC)c1ccc(Cl)c2nc(Oc3ccc(Cl)cc3Cl)n(C)c12. The summed E-state index contributed by atoms with van der Waals surface area (Å²) < 4.78 is 7.87. The minimum Gasteiger partial charge on any atom is -0.424 e. The summed E-state index contributed by atoms with van der Waals surface area (Å²) in [5, 5.41) is 1.60. The van der Waals surface area contributed by atoms with Gasteiger partial charge >= 0.3 is 6.01 Å². The molecule has 0 saturated carbocycles. The molecule has 0 spiro atoms. The van der Waals surface area contributed by atoms with E-state index in [-0.39, 0.29) is 0 Å². The van der Waals surface area contributed by atoms with E-state index >= 15 is 0 Å². The van der Waals surface area contributed by atoms with Crippen LogP contribution in [0.1, 0.15) is 38.2 Å². The smallest absolute Gasteiger partial charge is 0.302 e. The Kier molecular flexibility index (Phi) is 5.47. The topological polar surface area (TPSA) is 27.1 Å². The third kappa shape index (κ3) is 3.46. The molecule has 6 heteroatoms. The first-order valence-corrected chi connectivity index (χ1v) is 9.37. The first-order chi connectivity index (χ1) is 12.0. The van der Waals surface area contributed by atoms with Crippen LogP contribution in [0.3, 0.4) is 0 Å². The van der Waals surface area contributed by atoms with Crippen LogP contribution in [-0.4, -0.2) is 9.55 Å². The molecule has 3 rings (SSSR count). The van der Waals surface area contributed by atoms with Gasteiger partial charge in [0, 0.05) is 12.1 Å². The van der Waals surface area contributed by atoms with Gasteiger partial charge in [-0.15, -0.1) is 0 Å². The van der Waals surface area contributed by atoms with Crippen LogP contribution in [-0.2, 0) is 7.05 Å². The van der Waals surface area contributed by atoms with Gasteiger partial charge in [0.2, 0.25) is 0 Å². The summed E-state index contributed by atoms with van der Waals surface area (Å²) in [7, 11) is 1.93. The summed E-state index contributed by atoms with van der Waals surface area (Å²) in [6, 6.07) is 9.54. The van der Waals surface area contributed by atoms with Gasteiger partial charge in [-0.1, -0.05) is 54.7 Å². The van der Waals surface area contributed by atoms with Crippen molar-refractivity contribution in [3.8, 4) is 11.8 Å². The maximum Gasteiger partial charge on any atom is 0.302 e. The molecule has 132 valence electrons. The lowest BCUT2D eigenvalue weighted by atomic mass is 9.93. The van der Waals surface area contributed by atoms with E-state index in [0.717, 1.165) is 23.9 Å². The van der Waals surface area contributed by atoms with Crippen molar-refractivity contribution in [3.05, 3.63) is 51.0 Å². The van der Waals surface area contributed by atoms with E-state index < -0.39 is 0 Å². The lowest BCUT2D eigenvalue weighted by Crippen LogP contribution is -2.01. The minimum atomic E-state index is 0.436. The van der Waals surface area contributed by atoms with Crippen LogP contribution in [0.5, 0.6) is 11.8 Å². The molecule has 0 aliphatic rings. The molecule has 0 saturated heterocycles. The summed E-state index contributed by atoms with van der Waals surface area (Å²) in [5.41, 5.74) is 2.98. The third-order valence-electron chi connectivity index (χ3n) is 4.48. The van der Waals surface area contributed by atoms with Crippen molar-refractivity contribution in [2.75, 3.05) is 0 Å². The number of fused-ring (bicyclic) bond motifs is 1. The Morgan fingerprint density at radius 2 is 1.76 bits per heavy atom. The maximum atomic E-state index is 6.39. The number of imidazole rings is 1. The molecule has 0 N–H and O–H groups in total. The van der Waals surface area contributed by atoms with Gasteiger partial charge in [-0.2, -0.15) is 4.98 Å². The van der Waals surface area contributed by atoms with Gasteiger partial charge in [0.15, 0.2) is 0 Å². The molecule has 1 heterocycles. The van der Waals surface area contributed by atoms with Gasteiger partial charge in [0.05, 0.1) is 15.6 Å². The molecule has 0 aliphatic heterocycles. The number of aromatic nitrogens is 2. The van der Waals surface area contributed by atoms with Crippen LogP contribution in [0.2, 0.25) is 15.1 Å². The van der Waals surface area contributed by atoms with E-state index in [9.17, 15) is 0 Å². The number of aryl methyl sites for hydroxylation is 1. The van der Waals surface area contributed by atoms with Crippen molar-refractivity contribution in [1.29, 1.82) is 0 Å². The Labute approximate surface area is 162 Å². The maximum absolute atomic E-state index is 6.39. The quantitative estimate of drug-likeness (QED) is 0.454. The van der Waals surface area contributed by atoms with E-state index in [1.165, 1.54) is 5.56 Å². The minimum absolute atomic E-state index is 0.436. The van der Waals surface area contributed by atoms with Gasteiger partial charge in [0.25, 0.3) is 0 Å². The average molecular weight is 398 g/mol. The molecule has 0 fully saturated rings. The number of ether oxygens (including phenoxy) is 1. The molecule has 0 amide bonds. The second kappa shape index (κ2) is 7.45. The fraction of sp³-hybridized carbons (Fsp3) is 0.316. The number of hydrogen-bond donors (Lipinski definition) is 0. The van der Waals surface area contributed by atoms with Crippen molar-refractivity contribution < 1.29 is 4.74 Å². The van der Waals surface area contributed by atoms with Crippen LogP contribution < -0.4 is 4.74 Å². The largest absolute Gasteiger partial charge is 0.424 e. The monoisotopic (exact) mass is 396 g/mol. The Bertz CT molecular complexity index is 917. The van der Waals surface area contributed by atoms with Crippen LogP contribution in [0, 0.1) is 0 Å². The fourth-order valence-corrected chi connectivity index (χ4v) is 3.74. The van der Waals surface area contributed by atoms with Crippen molar-refractivity contribution in [2.24, 2.45) is 7.05 Å². The number of halogens is 3. The zero-order valence-electron chi connectivity index (χ0n) is 14.3. The highest BCUT2D eigenvalue weighted by Crippen LogP contribution is 2.37. The fourth-order valence-electron chi connectivity index (χ4n) is 3.10. The molecule has 25 heavy (non-hydrogen) atoms. The molecule has 0 atom stereocenters. The number of benzene rings is 2. The molecular formula is C19H19Cl3N2O. The zero-order chi connectivity index (χ0) is 18.1. The summed E-state index contributed by atoms with van der Waals surface area (Å²) in [6.45, 7) is 4.38. The average Bonchev–Trinajstić information content (AvgIpc) is 2.91. The molecule has 0 radical (unpaired) electrons. The van der Waals surface area contributed by atoms with E-state index in [1.807, 2.05) is 17.7 Å². The second-order valence-electron chi connectivity index (χ2n) is 5.98. The molecule has 0 bridgehead atoms. The van der Waals surface area contributed by atoms with Gasteiger partial charge in [0.1, 0.15) is 11.3 Å². The molecule has 3 aromatic rings. The summed E-state index contributed by atoms with van der Waals surface area (Å²) in [6.07, 6.45) is 2.11. The van der Waals surface area contributed by atoms with Crippen LogP contribution in [0.4, 0.5) is 0 Å². The molecule has 3 nitrogen and oxygen atoms in total. The molecule has 0 aliphatic carbocycles. The molecule has 1 aromatic heterocycles. The summed E-state index contributed by atoms with van der Waals surface area (Å²) in [4.78, 5) is 4.60. The standard InChI is InChI=1S/C19H19Cl3N2O/c1-4-11(5-2)13-7-8-14(21)17-18(13)24(3)19(23-17)25-16-9-6-12(20)10-15(16)22/h6-11H,4-5H2,1-3H3. The van der Waals surface area contributed by atoms with Crippen molar-refractivity contribution >= 4 is 45.8 Å². The normalized spacial score (nSPS) is 11.5. The van der Waals surface area contributed by atoms with Crippen LogP contribution in [0.15, 0.2) is 30.3 Å². The predicted octanol–water partition coefficient (Wildman–Crippen LogP) is 7.23. The van der Waals surface area contributed by atoms with E-state index in [4.69, 9.17) is 39.5 Å². The first-order valence-electron chi connectivity index (χ1n) is 8.23. The van der Waals surface area contributed by atoms with Crippen molar-refractivity contribution in [2.45, 2.75) is 32.6 Å². The van der Waals surface area contributed by atoms with E-state index in [1.54, 1.807) is 18.2 Å². The molecule has 0 unspecified atom stereocenters. The summed E-state index contributed by atoms with van der Waals surface area (Å²) >= 11 is 18.5. The van der Waals surface area contributed by atoms with Gasteiger partial charge in [-0.25, -0.2) is 0 Å². The Hall–Kier alpha value is -1.42. The number of hydrogen-bond acceptors (Lipinski definition) is 2. The van der Waals surface area contributed by atoms with Crippen LogP contribution >= 0.6 is 34.8 Å².